The second-order valence-corrected chi connectivity index (χ2v) is 7.28. The van der Waals surface area contributed by atoms with Crippen LogP contribution in [0.3, 0.4) is 0 Å². The molecular formula is C23H25BrN2O2. The molecule has 0 aromatic heterocycles. The standard InChI is InChI=1S/C23H25BrN2O2/c1-3-5-8-17-11-12-21(20(24)14-17)26-23(27)19(16-25)15-18-9-6-7-10-22(18)28-13-4-2/h6-7,9-12,14-15H,3-5,8,13H2,1-2H3,(H,26,27)/b19-15+. The van der Waals surface area contributed by atoms with E-state index < -0.39 is 5.91 Å². The molecular weight excluding hydrogens is 416 g/mol. The first kappa shape index (κ1) is 21.7. The molecule has 0 aliphatic heterocycles. The van der Waals surface area contributed by atoms with E-state index in [1.165, 1.54) is 5.56 Å². The minimum atomic E-state index is -0.449. The molecule has 1 N–H and O–H groups in total. The molecule has 4 nitrogen and oxygen atoms in total. The van der Waals surface area contributed by atoms with Gasteiger partial charge in [0.15, 0.2) is 0 Å². The molecule has 146 valence electrons. The van der Waals surface area contributed by atoms with Crippen LogP contribution in [-0.2, 0) is 11.2 Å². The van der Waals surface area contributed by atoms with Crippen LogP contribution in [0.15, 0.2) is 52.5 Å². The van der Waals surface area contributed by atoms with Gasteiger partial charge in [-0.1, -0.05) is 44.5 Å². The third kappa shape index (κ3) is 6.24. The number of benzene rings is 2. The predicted octanol–water partition coefficient (Wildman–Crippen LogP) is 6.13. The minimum Gasteiger partial charge on any atom is -0.493 e. The lowest BCUT2D eigenvalue weighted by Crippen LogP contribution is -2.14. The summed E-state index contributed by atoms with van der Waals surface area (Å²) in [4.78, 5) is 12.6. The van der Waals surface area contributed by atoms with Gasteiger partial charge in [-0.25, -0.2) is 0 Å². The first-order valence-corrected chi connectivity index (χ1v) is 10.3. The number of rotatable bonds is 9. The van der Waals surface area contributed by atoms with Gasteiger partial charge in [0.05, 0.1) is 12.3 Å². The highest BCUT2D eigenvalue weighted by Crippen LogP contribution is 2.26. The number of halogens is 1. The van der Waals surface area contributed by atoms with E-state index in [0.29, 0.717) is 23.6 Å². The number of hydrogen-bond acceptors (Lipinski definition) is 3. The van der Waals surface area contributed by atoms with E-state index in [1.807, 2.05) is 55.5 Å². The van der Waals surface area contributed by atoms with Crippen molar-refractivity contribution in [3.8, 4) is 11.8 Å². The number of ether oxygens (including phenoxy) is 1. The van der Waals surface area contributed by atoms with Crippen molar-refractivity contribution in [2.24, 2.45) is 0 Å². The fourth-order valence-corrected chi connectivity index (χ4v) is 3.16. The van der Waals surface area contributed by atoms with Gasteiger partial charge in [0, 0.05) is 10.0 Å². The van der Waals surface area contributed by atoms with Gasteiger partial charge < -0.3 is 10.1 Å². The Kier molecular flexibility index (Phi) is 8.77. The Morgan fingerprint density at radius 2 is 2.00 bits per heavy atom. The number of carbonyl (C=O) groups excluding carboxylic acids is 1. The highest BCUT2D eigenvalue weighted by Gasteiger charge is 2.13. The molecule has 0 unspecified atom stereocenters. The lowest BCUT2D eigenvalue weighted by molar-refractivity contribution is -0.112. The Morgan fingerprint density at radius 3 is 2.68 bits per heavy atom. The molecule has 28 heavy (non-hydrogen) atoms. The number of hydrogen-bond donors (Lipinski definition) is 1. The second-order valence-electron chi connectivity index (χ2n) is 6.43. The third-order valence-corrected chi connectivity index (χ3v) is 4.80. The van der Waals surface area contributed by atoms with Gasteiger partial charge in [0.2, 0.25) is 0 Å². The Bertz CT molecular complexity index is 884. The summed E-state index contributed by atoms with van der Waals surface area (Å²) in [6.45, 7) is 4.76. The van der Waals surface area contributed by atoms with Crippen molar-refractivity contribution in [2.45, 2.75) is 39.5 Å². The van der Waals surface area contributed by atoms with Crippen LogP contribution < -0.4 is 10.1 Å². The number of nitrogens with zero attached hydrogens (tertiary/aromatic N) is 1. The van der Waals surface area contributed by atoms with Crippen molar-refractivity contribution in [1.29, 1.82) is 5.26 Å². The van der Waals surface area contributed by atoms with Crippen molar-refractivity contribution in [2.75, 3.05) is 11.9 Å². The lowest BCUT2D eigenvalue weighted by atomic mass is 10.1. The summed E-state index contributed by atoms with van der Waals surface area (Å²) >= 11 is 3.51. The smallest absolute Gasteiger partial charge is 0.266 e. The maximum absolute atomic E-state index is 12.6. The summed E-state index contributed by atoms with van der Waals surface area (Å²) in [5, 5.41) is 12.3. The zero-order valence-electron chi connectivity index (χ0n) is 16.3. The summed E-state index contributed by atoms with van der Waals surface area (Å²) in [7, 11) is 0. The van der Waals surface area contributed by atoms with Crippen molar-refractivity contribution >= 4 is 33.6 Å². The molecule has 0 saturated heterocycles. The van der Waals surface area contributed by atoms with Crippen LogP contribution in [0.25, 0.3) is 6.08 Å². The van der Waals surface area contributed by atoms with E-state index >= 15 is 0 Å². The second kappa shape index (κ2) is 11.3. The lowest BCUT2D eigenvalue weighted by Gasteiger charge is -2.10. The summed E-state index contributed by atoms with van der Waals surface area (Å²) in [6, 6.07) is 15.2. The summed E-state index contributed by atoms with van der Waals surface area (Å²) < 4.78 is 6.51. The van der Waals surface area contributed by atoms with E-state index in [4.69, 9.17) is 4.74 Å². The minimum absolute atomic E-state index is 0.0227. The molecule has 2 aromatic rings. The third-order valence-electron chi connectivity index (χ3n) is 4.15. The van der Waals surface area contributed by atoms with Crippen LogP contribution in [0.2, 0.25) is 0 Å². The summed E-state index contributed by atoms with van der Waals surface area (Å²) in [6.07, 6.45) is 5.70. The van der Waals surface area contributed by atoms with Gasteiger partial charge in [0.1, 0.15) is 17.4 Å². The SMILES string of the molecule is CCCCc1ccc(NC(=O)/C(C#N)=C/c2ccccc2OCCC)c(Br)c1. The molecule has 5 heteroatoms. The van der Waals surface area contributed by atoms with Crippen molar-refractivity contribution < 1.29 is 9.53 Å². The van der Waals surface area contributed by atoms with E-state index in [0.717, 1.165) is 30.2 Å². The first-order valence-electron chi connectivity index (χ1n) is 9.52. The van der Waals surface area contributed by atoms with Crippen LogP contribution in [0.4, 0.5) is 5.69 Å². The van der Waals surface area contributed by atoms with E-state index in [2.05, 4.69) is 28.2 Å². The maximum atomic E-state index is 12.6. The van der Waals surface area contributed by atoms with Gasteiger partial charge in [-0.2, -0.15) is 5.26 Å². The number of carbonyl (C=O) groups is 1. The van der Waals surface area contributed by atoms with Crippen molar-refractivity contribution in [3.05, 3.63) is 63.6 Å². The molecule has 1 amide bonds. The fraction of sp³-hybridized carbons (Fsp3) is 0.304. The quantitative estimate of drug-likeness (QED) is 0.376. The molecule has 0 aliphatic carbocycles. The number of nitriles is 1. The van der Waals surface area contributed by atoms with E-state index in [1.54, 1.807) is 6.08 Å². The topological polar surface area (TPSA) is 62.1 Å². The highest BCUT2D eigenvalue weighted by molar-refractivity contribution is 9.10. The first-order chi connectivity index (χ1) is 13.6. The van der Waals surface area contributed by atoms with Crippen molar-refractivity contribution in [1.82, 2.24) is 0 Å². The number of aryl methyl sites for hydroxylation is 1. The molecule has 2 rings (SSSR count). The number of para-hydroxylation sites is 1. The fourth-order valence-electron chi connectivity index (χ4n) is 2.63. The Labute approximate surface area is 175 Å². The van der Waals surface area contributed by atoms with Gasteiger partial charge in [-0.15, -0.1) is 0 Å². The Hall–Kier alpha value is -2.58. The van der Waals surface area contributed by atoms with Crippen LogP contribution in [-0.4, -0.2) is 12.5 Å². The van der Waals surface area contributed by atoms with Crippen molar-refractivity contribution in [3.63, 3.8) is 0 Å². The Morgan fingerprint density at radius 1 is 1.21 bits per heavy atom. The molecule has 0 saturated carbocycles. The average Bonchev–Trinajstić information content (AvgIpc) is 2.71. The normalized spacial score (nSPS) is 11.0. The zero-order chi connectivity index (χ0) is 20.4. The number of amides is 1. The van der Waals surface area contributed by atoms with E-state index in [-0.39, 0.29) is 5.57 Å². The molecule has 0 atom stereocenters. The maximum Gasteiger partial charge on any atom is 0.266 e. The highest BCUT2D eigenvalue weighted by atomic mass is 79.9. The number of anilines is 1. The molecule has 0 radical (unpaired) electrons. The summed E-state index contributed by atoms with van der Waals surface area (Å²) in [5.41, 5.74) is 2.58. The van der Waals surface area contributed by atoms with Crippen LogP contribution in [0.5, 0.6) is 5.75 Å². The van der Waals surface area contributed by atoms with Gasteiger partial charge in [-0.3, -0.25) is 4.79 Å². The molecule has 0 spiro atoms. The number of unbranched alkanes of at least 4 members (excludes halogenated alkanes) is 1. The molecule has 2 aromatic carbocycles. The monoisotopic (exact) mass is 440 g/mol. The average molecular weight is 441 g/mol. The van der Waals surface area contributed by atoms with Crippen LogP contribution in [0, 0.1) is 11.3 Å². The summed E-state index contributed by atoms with van der Waals surface area (Å²) in [5.74, 6) is 0.209. The molecule has 0 aliphatic rings. The largest absolute Gasteiger partial charge is 0.493 e. The number of nitrogens with one attached hydrogen (secondary N) is 1. The van der Waals surface area contributed by atoms with Gasteiger partial charge >= 0.3 is 0 Å². The molecule has 0 fully saturated rings. The van der Waals surface area contributed by atoms with Gasteiger partial charge in [0.25, 0.3) is 5.91 Å². The van der Waals surface area contributed by atoms with Gasteiger partial charge in [-0.05, 0) is 65.0 Å². The molecule has 0 heterocycles. The zero-order valence-corrected chi connectivity index (χ0v) is 17.9. The predicted molar refractivity (Wildman–Crippen MR) is 117 cm³/mol. The van der Waals surface area contributed by atoms with E-state index in [9.17, 15) is 10.1 Å². The van der Waals surface area contributed by atoms with Crippen LogP contribution in [0.1, 0.15) is 44.2 Å². The Balaban J connectivity index is 2.18. The van der Waals surface area contributed by atoms with Crippen LogP contribution >= 0.6 is 15.9 Å². The molecule has 0 bridgehead atoms.